The first-order valence-electron chi connectivity index (χ1n) is 12.1. The summed E-state index contributed by atoms with van der Waals surface area (Å²) in [5.41, 5.74) is 3.09. The van der Waals surface area contributed by atoms with E-state index in [4.69, 9.17) is 9.47 Å². The average molecular weight is 505 g/mol. The highest BCUT2D eigenvalue weighted by Crippen LogP contribution is 2.27. The number of hydrogen-bond acceptors (Lipinski definition) is 7. The maximum Gasteiger partial charge on any atom is 0.416 e. The molecule has 0 N–H and O–H groups in total. The van der Waals surface area contributed by atoms with Gasteiger partial charge in [-0.05, 0) is 53.2 Å². The van der Waals surface area contributed by atoms with Gasteiger partial charge in [0.1, 0.15) is 17.2 Å². The second-order valence-corrected chi connectivity index (χ2v) is 9.79. The molecular formula is C27H32N6O4. The summed E-state index contributed by atoms with van der Waals surface area (Å²) in [4.78, 5) is 36.7. The summed E-state index contributed by atoms with van der Waals surface area (Å²) >= 11 is 0. The van der Waals surface area contributed by atoms with Gasteiger partial charge in [0, 0.05) is 36.6 Å². The van der Waals surface area contributed by atoms with E-state index in [0.717, 1.165) is 28.2 Å². The number of ether oxygens (including phenoxy) is 2. The van der Waals surface area contributed by atoms with Gasteiger partial charge in [-0.3, -0.25) is 4.90 Å². The molecule has 0 aliphatic rings. The molecule has 10 heteroatoms. The van der Waals surface area contributed by atoms with Gasteiger partial charge >= 0.3 is 12.1 Å². The molecule has 3 heterocycles. The molecule has 4 aromatic rings. The summed E-state index contributed by atoms with van der Waals surface area (Å²) in [6.07, 6.45) is 3.03. The maximum atomic E-state index is 13.6. The van der Waals surface area contributed by atoms with Crippen molar-refractivity contribution in [2.45, 2.75) is 53.7 Å². The molecule has 10 nitrogen and oxygen atoms in total. The summed E-state index contributed by atoms with van der Waals surface area (Å²) in [7, 11) is 1.93. The molecule has 0 spiro atoms. The van der Waals surface area contributed by atoms with E-state index in [2.05, 4.69) is 15.1 Å². The van der Waals surface area contributed by atoms with Gasteiger partial charge in [-0.1, -0.05) is 18.2 Å². The van der Waals surface area contributed by atoms with Crippen molar-refractivity contribution >= 4 is 23.5 Å². The Morgan fingerprint density at radius 1 is 1.14 bits per heavy atom. The van der Waals surface area contributed by atoms with Gasteiger partial charge in [0.15, 0.2) is 11.3 Å². The summed E-state index contributed by atoms with van der Waals surface area (Å²) < 4.78 is 14.5. The number of aryl methyl sites for hydroxylation is 3. The number of imidazole rings is 1. The van der Waals surface area contributed by atoms with Crippen LogP contribution >= 0.6 is 0 Å². The molecular weight excluding hydrogens is 472 g/mol. The number of fused-ring (bicyclic) bond motifs is 1. The number of rotatable bonds is 6. The third kappa shape index (κ3) is 5.47. The minimum absolute atomic E-state index is 0.0858. The molecule has 0 fully saturated rings. The maximum absolute atomic E-state index is 13.6. The largest absolute Gasteiger partial charge is 0.461 e. The summed E-state index contributed by atoms with van der Waals surface area (Å²) in [6.45, 7) is 11.2. The number of benzene rings is 1. The van der Waals surface area contributed by atoms with Crippen LogP contribution in [0.15, 0.2) is 42.7 Å². The highest BCUT2D eigenvalue weighted by Gasteiger charge is 2.28. The fourth-order valence-corrected chi connectivity index (χ4v) is 3.91. The molecule has 0 saturated heterocycles. The Labute approximate surface area is 215 Å². The minimum atomic E-state index is -0.740. The zero-order valence-corrected chi connectivity index (χ0v) is 22.3. The molecule has 0 aliphatic carbocycles. The Morgan fingerprint density at radius 3 is 2.54 bits per heavy atom. The summed E-state index contributed by atoms with van der Waals surface area (Å²) in [5, 5.41) is 4.61. The fourth-order valence-electron chi connectivity index (χ4n) is 3.91. The Bertz CT molecular complexity index is 1460. The van der Waals surface area contributed by atoms with Gasteiger partial charge < -0.3 is 14.0 Å². The Hall–Kier alpha value is -4.21. The van der Waals surface area contributed by atoms with Crippen molar-refractivity contribution in [2.24, 2.45) is 7.05 Å². The van der Waals surface area contributed by atoms with E-state index in [0.29, 0.717) is 11.5 Å². The van der Waals surface area contributed by atoms with Crippen molar-refractivity contribution in [2.75, 3.05) is 11.5 Å². The number of carbonyl (C=O) groups is 2. The lowest BCUT2D eigenvalue weighted by Crippen LogP contribution is -2.38. The van der Waals surface area contributed by atoms with Crippen LogP contribution in [0.2, 0.25) is 0 Å². The van der Waals surface area contributed by atoms with E-state index in [9.17, 15) is 9.59 Å². The van der Waals surface area contributed by atoms with Crippen LogP contribution in [-0.2, 0) is 23.1 Å². The Balaban J connectivity index is 1.86. The zero-order chi connectivity index (χ0) is 26.9. The lowest BCUT2D eigenvalue weighted by Gasteiger charge is -2.28. The lowest BCUT2D eigenvalue weighted by molar-refractivity contribution is 0.0515. The second kappa shape index (κ2) is 10.0. The molecule has 3 aromatic heterocycles. The standard InChI is InChI=1S/C27H32N6O4/c1-8-36-25(34)21-15-22(33-23(29-21)17(2)18(3)30-33)32(26(35)37-27(4,5)6)16-19-10-9-11-20(14-19)24-28-12-13-31(24)7/h9-15H,8,16H2,1-7H3. The second-order valence-electron chi connectivity index (χ2n) is 9.79. The number of carbonyl (C=O) groups excluding carboxylic acids is 2. The minimum Gasteiger partial charge on any atom is -0.461 e. The Morgan fingerprint density at radius 2 is 1.89 bits per heavy atom. The molecule has 37 heavy (non-hydrogen) atoms. The first-order valence-corrected chi connectivity index (χ1v) is 12.1. The van der Waals surface area contributed by atoms with Gasteiger partial charge in [0.05, 0.1) is 18.8 Å². The van der Waals surface area contributed by atoms with Crippen molar-refractivity contribution in [1.82, 2.24) is 24.1 Å². The van der Waals surface area contributed by atoms with E-state index in [-0.39, 0.29) is 18.8 Å². The molecule has 0 unspecified atom stereocenters. The average Bonchev–Trinajstić information content (AvgIpc) is 3.39. The van der Waals surface area contributed by atoms with E-state index in [1.807, 2.05) is 55.9 Å². The number of hydrogen-bond donors (Lipinski definition) is 0. The molecule has 4 rings (SSSR count). The van der Waals surface area contributed by atoms with Crippen molar-refractivity contribution in [1.29, 1.82) is 0 Å². The smallest absolute Gasteiger partial charge is 0.416 e. The third-order valence-electron chi connectivity index (χ3n) is 5.76. The molecule has 0 aliphatic heterocycles. The van der Waals surface area contributed by atoms with Crippen LogP contribution in [0.25, 0.3) is 17.0 Å². The van der Waals surface area contributed by atoms with Crippen molar-refractivity contribution in [3.8, 4) is 11.4 Å². The highest BCUT2D eigenvalue weighted by molar-refractivity contribution is 5.92. The van der Waals surface area contributed by atoms with Crippen LogP contribution < -0.4 is 4.90 Å². The van der Waals surface area contributed by atoms with Gasteiger partial charge in [-0.2, -0.15) is 9.61 Å². The lowest BCUT2D eigenvalue weighted by atomic mass is 10.1. The SMILES string of the molecule is CCOC(=O)c1cc(N(Cc2cccc(-c3nccn3C)c2)C(=O)OC(C)(C)C)n2nc(C)c(C)c2n1. The topological polar surface area (TPSA) is 104 Å². The molecule has 1 amide bonds. The molecule has 0 bridgehead atoms. The van der Waals surface area contributed by atoms with E-state index >= 15 is 0 Å². The normalized spacial score (nSPS) is 11.5. The van der Waals surface area contributed by atoms with E-state index in [1.54, 1.807) is 38.4 Å². The van der Waals surface area contributed by atoms with E-state index in [1.165, 1.54) is 11.0 Å². The van der Waals surface area contributed by atoms with Crippen LogP contribution in [0, 0.1) is 13.8 Å². The highest BCUT2D eigenvalue weighted by atomic mass is 16.6. The summed E-state index contributed by atoms with van der Waals surface area (Å²) in [5.74, 6) is 0.575. The number of amides is 1. The van der Waals surface area contributed by atoms with Gasteiger partial charge in [-0.15, -0.1) is 0 Å². The Kier molecular flexibility index (Phi) is 7.02. The van der Waals surface area contributed by atoms with Crippen molar-refractivity contribution in [3.05, 3.63) is 65.2 Å². The van der Waals surface area contributed by atoms with Crippen LogP contribution in [0.3, 0.4) is 0 Å². The first kappa shape index (κ1) is 25.9. The summed E-state index contributed by atoms with van der Waals surface area (Å²) in [6, 6.07) is 9.30. The molecule has 194 valence electrons. The van der Waals surface area contributed by atoms with Gasteiger partial charge in [-0.25, -0.2) is 19.6 Å². The predicted molar refractivity (Wildman–Crippen MR) is 139 cm³/mol. The quantitative estimate of drug-likeness (QED) is 0.345. The van der Waals surface area contributed by atoms with Crippen LogP contribution in [0.1, 0.15) is 55.0 Å². The van der Waals surface area contributed by atoms with E-state index < -0.39 is 17.7 Å². The number of nitrogens with zero attached hydrogens (tertiary/aromatic N) is 6. The predicted octanol–water partition coefficient (Wildman–Crippen LogP) is 4.87. The molecule has 1 aromatic carbocycles. The van der Waals surface area contributed by atoms with Crippen LogP contribution in [0.4, 0.5) is 10.6 Å². The zero-order valence-electron chi connectivity index (χ0n) is 22.3. The van der Waals surface area contributed by atoms with Gasteiger partial charge in [0.2, 0.25) is 0 Å². The number of esters is 1. The molecule has 0 atom stereocenters. The number of aromatic nitrogens is 5. The van der Waals surface area contributed by atoms with Crippen molar-refractivity contribution in [3.63, 3.8) is 0 Å². The molecule has 0 saturated carbocycles. The third-order valence-corrected chi connectivity index (χ3v) is 5.76. The van der Waals surface area contributed by atoms with Crippen LogP contribution in [0.5, 0.6) is 0 Å². The number of anilines is 1. The van der Waals surface area contributed by atoms with Crippen LogP contribution in [-0.4, -0.2) is 48.4 Å². The monoisotopic (exact) mass is 504 g/mol. The first-order chi connectivity index (χ1) is 17.5. The van der Waals surface area contributed by atoms with Gasteiger partial charge in [0.25, 0.3) is 0 Å². The van der Waals surface area contributed by atoms with Crippen molar-refractivity contribution < 1.29 is 19.1 Å². The fraction of sp³-hybridized carbons (Fsp3) is 0.370. The molecule has 0 radical (unpaired) electrons.